The minimum Gasteiger partial charge on any atom is -0.478 e. The average molecular weight is 177 g/mol. The van der Waals surface area contributed by atoms with Crippen LogP contribution < -0.4 is 5.32 Å². The third-order valence-electron chi connectivity index (χ3n) is 2.04. The van der Waals surface area contributed by atoms with Gasteiger partial charge in [-0.25, -0.2) is 4.79 Å². The molecule has 13 heavy (non-hydrogen) atoms. The molecule has 1 heterocycles. The second kappa shape index (κ2) is 2.58. The number of hydrogen-bond acceptors (Lipinski definition) is 2. The van der Waals surface area contributed by atoms with Crippen LogP contribution in [0.2, 0.25) is 0 Å². The molecule has 2 N–H and O–H groups in total. The van der Waals surface area contributed by atoms with Gasteiger partial charge in [0.25, 0.3) is 5.91 Å². The second-order valence-electron chi connectivity index (χ2n) is 2.86. The van der Waals surface area contributed by atoms with Gasteiger partial charge in [-0.2, -0.15) is 0 Å². The molecular formula is C9H7NO3. The molecular weight excluding hydrogens is 170 g/mol. The molecule has 4 heteroatoms. The van der Waals surface area contributed by atoms with Crippen molar-refractivity contribution < 1.29 is 14.7 Å². The van der Waals surface area contributed by atoms with Crippen molar-refractivity contribution >= 4 is 11.9 Å². The maximum atomic E-state index is 11.1. The lowest BCUT2D eigenvalue weighted by molar-refractivity contribution is 0.0696. The molecule has 1 amide bonds. The standard InChI is InChI=1S/C9H7NO3/c11-8-7-2-1-5(9(12)13)3-6(7)4-10-8/h1-3H,4H2,(H,10,11)(H,12,13). The fourth-order valence-corrected chi connectivity index (χ4v) is 1.37. The van der Waals surface area contributed by atoms with E-state index in [-0.39, 0.29) is 11.5 Å². The van der Waals surface area contributed by atoms with E-state index in [1.807, 2.05) is 0 Å². The number of amides is 1. The first-order chi connectivity index (χ1) is 6.18. The van der Waals surface area contributed by atoms with E-state index >= 15 is 0 Å². The summed E-state index contributed by atoms with van der Waals surface area (Å²) in [6.45, 7) is 0.426. The lowest BCUT2D eigenvalue weighted by Gasteiger charge is -1.97. The number of aromatic carboxylic acids is 1. The largest absolute Gasteiger partial charge is 0.478 e. The van der Waals surface area contributed by atoms with E-state index < -0.39 is 5.97 Å². The van der Waals surface area contributed by atoms with Gasteiger partial charge in [-0.15, -0.1) is 0 Å². The zero-order valence-corrected chi connectivity index (χ0v) is 6.70. The monoisotopic (exact) mass is 177 g/mol. The van der Waals surface area contributed by atoms with E-state index in [0.717, 1.165) is 5.56 Å². The first-order valence-corrected chi connectivity index (χ1v) is 3.83. The van der Waals surface area contributed by atoms with Crippen LogP contribution in [-0.2, 0) is 6.54 Å². The highest BCUT2D eigenvalue weighted by Gasteiger charge is 2.19. The van der Waals surface area contributed by atoms with Gasteiger partial charge >= 0.3 is 5.97 Å². The van der Waals surface area contributed by atoms with Gasteiger partial charge in [-0.1, -0.05) is 0 Å². The van der Waals surface area contributed by atoms with Crippen LogP contribution in [0.25, 0.3) is 0 Å². The fourth-order valence-electron chi connectivity index (χ4n) is 1.37. The van der Waals surface area contributed by atoms with E-state index in [9.17, 15) is 9.59 Å². The number of rotatable bonds is 1. The molecule has 0 fully saturated rings. The molecule has 0 atom stereocenters. The van der Waals surface area contributed by atoms with E-state index in [1.165, 1.54) is 12.1 Å². The van der Waals surface area contributed by atoms with Crippen molar-refractivity contribution in [3.05, 3.63) is 34.9 Å². The molecule has 66 valence electrons. The number of carbonyl (C=O) groups is 2. The van der Waals surface area contributed by atoms with Gasteiger partial charge in [0.05, 0.1) is 5.56 Å². The van der Waals surface area contributed by atoms with Crippen LogP contribution in [0.1, 0.15) is 26.3 Å². The predicted molar refractivity (Wildman–Crippen MR) is 44.6 cm³/mol. The molecule has 0 radical (unpaired) electrons. The molecule has 0 aliphatic carbocycles. The number of fused-ring (bicyclic) bond motifs is 1. The van der Waals surface area contributed by atoms with Crippen molar-refractivity contribution in [3.63, 3.8) is 0 Å². The van der Waals surface area contributed by atoms with E-state index in [0.29, 0.717) is 12.1 Å². The molecule has 0 aromatic heterocycles. The third kappa shape index (κ3) is 1.16. The topological polar surface area (TPSA) is 66.4 Å². The highest BCUT2D eigenvalue weighted by Crippen LogP contribution is 2.16. The molecule has 0 saturated heterocycles. The van der Waals surface area contributed by atoms with Gasteiger partial charge in [0.2, 0.25) is 0 Å². The number of hydrogen-bond donors (Lipinski definition) is 2. The van der Waals surface area contributed by atoms with Crippen molar-refractivity contribution in [1.29, 1.82) is 0 Å². The second-order valence-corrected chi connectivity index (χ2v) is 2.86. The Kier molecular flexibility index (Phi) is 1.55. The molecule has 1 aromatic rings. The van der Waals surface area contributed by atoms with Crippen LogP contribution >= 0.6 is 0 Å². The molecule has 0 unspecified atom stereocenters. The predicted octanol–water partition coefficient (Wildman–Crippen LogP) is 0.628. The zero-order valence-electron chi connectivity index (χ0n) is 6.70. The summed E-state index contributed by atoms with van der Waals surface area (Å²) in [4.78, 5) is 21.7. The SMILES string of the molecule is O=C(O)c1ccc2c(c1)CNC2=O. The Hall–Kier alpha value is -1.84. The Bertz CT molecular complexity index is 398. The zero-order chi connectivity index (χ0) is 9.42. The molecule has 0 saturated carbocycles. The van der Waals surface area contributed by atoms with Crippen molar-refractivity contribution in [2.75, 3.05) is 0 Å². The minimum atomic E-state index is -0.970. The summed E-state index contributed by atoms with van der Waals surface area (Å²) in [5, 5.41) is 11.3. The summed E-state index contributed by atoms with van der Waals surface area (Å²) in [7, 11) is 0. The van der Waals surface area contributed by atoms with Gasteiger partial charge in [-0.3, -0.25) is 4.79 Å². The molecule has 2 rings (SSSR count). The van der Waals surface area contributed by atoms with Crippen LogP contribution in [0.4, 0.5) is 0 Å². The highest BCUT2D eigenvalue weighted by molar-refractivity contribution is 5.99. The first kappa shape index (κ1) is 7.79. The summed E-state index contributed by atoms with van der Waals surface area (Å²) in [6.07, 6.45) is 0. The van der Waals surface area contributed by atoms with Gasteiger partial charge in [0.15, 0.2) is 0 Å². The number of benzene rings is 1. The fraction of sp³-hybridized carbons (Fsp3) is 0.111. The lowest BCUT2D eigenvalue weighted by Crippen LogP contribution is -2.12. The quantitative estimate of drug-likeness (QED) is 0.661. The summed E-state index contributed by atoms with van der Waals surface area (Å²) in [5.41, 5.74) is 1.55. The molecule has 0 spiro atoms. The Labute approximate surface area is 74.2 Å². The highest BCUT2D eigenvalue weighted by atomic mass is 16.4. The average Bonchev–Trinajstić information content (AvgIpc) is 2.47. The molecule has 1 aromatic carbocycles. The van der Waals surface area contributed by atoms with Gasteiger partial charge in [-0.05, 0) is 23.8 Å². The van der Waals surface area contributed by atoms with Crippen molar-refractivity contribution in [2.24, 2.45) is 0 Å². The van der Waals surface area contributed by atoms with Crippen molar-refractivity contribution in [3.8, 4) is 0 Å². The first-order valence-electron chi connectivity index (χ1n) is 3.83. The van der Waals surface area contributed by atoms with E-state index in [2.05, 4.69) is 5.32 Å². The third-order valence-corrected chi connectivity index (χ3v) is 2.04. The van der Waals surface area contributed by atoms with Crippen molar-refractivity contribution in [2.45, 2.75) is 6.54 Å². The summed E-state index contributed by atoms with van der Waals surface area (Å²) in [6, 6.07) is 4.50. The summed E-state index contributed by atoms with van der Waals surface area (Å²) in [5.74, 6) is -1.10. The normalized spacial score (nSPS) is 13.7. The number of carboxylic acid groups (broad SMARTS) is 1. The Morgan fingerprint density at radius 2 is 2.23 bits per heavy atom. The maximum absolute atomic E-state index is 11.1. The van der Waals surface area contributed by atoms with Gasteiger partial charge in [0, 0.05) is 12.1 Å². The Balaban J connectivity index is 2.51. The molecule has 4 nitrogen and oxygen atoms in total. The Morgan fingerprint density at radius 3 is 2.92 bits per heavy atom. The van der Waals surface area contributed by atoms with Gasteiger partial charge in [0.1, 0.15) is 0 Å². The number of nitrogens with one attached hydrogen (secondary N) is 1. The van der Waals surface area contributed by atoms with Crippen LogP contribution in [-0.4, -0.2) is 17.0 Å². The summed E-state index contributed by atoms with van der Waals surface area (Å²) >= 11 is 0. The molecule has 1 aliphatic rings. The van der Waals surface area contributed by atoms with Gasteiger partial charge < -0.3 is 10.4 Å². The molecule has 0 bridgehead atoms. The maximum Gasteiger partial charge on any atom is 0.335 e. The van der Waals surface area contributed by atoms with Crippen LogP contribution in [0, 0.1) is 0 Å². The lowest BCUT2D eigenvalue weighted by atomic mass is 10.1. The van der Waals surface area contributed by atoms with E-state index in [4.69, 9.17) is 5.11 Å². The van der Waals surface area contributed by atoms with Crippen molar-refractivity contribution in [1.82, 2.24) is 5.32 Å². The molecule has 1 aliphatic heterocycles. The van der Waals surface area contributed by atoms with Crippen LogP contribution in [0.15, 0.2) is 18.2 Å². The number of carbonyl (C=O) groups excluding carboxylic acids is 1. The smallest absolute Gasteiger partial charge is 0.335 e. The Morgan fingerprint density at radius 1 is 1.46 bits per heavy atom. The summed E-state index contributed by atoms with van der Waals surface area (Å²) < 4.78 is 0. The minimum absolute atomic E-state index is 0.132. The van der Waals surface area contributed by atoms with E-state index in [1.54, 1.807) is 6.07 Å². The van der Waals surface area contributed by atoms with Crippen LogP contribution in [0.5, 0.6) is 0 Å². The van der Waals surface area contributed by atoms with Crippen LogP contribution in [0.3, 0.4) is 0 Å². The number of carboxylic acids is 1.